The van der Waals surface area contributed by atoms with E-state index in [9.17, 15) is 14.4 Å². The van der Waals surface area contributed by atoms with Gasteiger partial charge in [-0.25, -0.2) is 4.79 Å². The molecule has 71 heavy (non-hydrogen) atoms. The van der Waals surface area contributed by atoms with Crippen molar-refractivity contribution < 1.29 is 52.3 Å². The third kappa shape index (κ3) is 12.9. The van der Waals surface area contributed by atoms with E-state index in [1.807, 2.05) is 13.8 Å². The van der Waals surface area contributed by atoms with Crippen molar-refractivity contribution in [3.63, 3.8) is 0 Å². The third-order valence-corrected chi connectivity index (χ3v) is 21.3. The maximum absolute atomic E-state index is 12.4. The zero-order chi connectivity index (χ0) is 50.8. The molecule has 0 aromatic rings. The van der Waals surface area contributed by atoms with E-state index in [1.54, 1.807) is 7.11 Å². The van der Waals surface area contributed by atoms with E-state index in [4.69, 9.17) is 37.9 Å². The molecule has 2 aliphatic heterocycles. The fraction of sp³-hybridized carbons (Fsp3) is 0.917. The summed E-state index contributed by atoms with van der Waals surface area (Å²) < 4.78 is 46.4. The number of esters is 3. The first-order valence-electron chi connectivity index (χ1n) is 29.2. The van der Waals surface area contributed by atoms with E-state index in [0.717, 1.165) is 140 Å². The Kier molecular flexibility index (Phi) is 18.1. The molecule has 9 fully saturated rings. The van der Waals surface area contributed by atoms with Crippen LogP contribution in [0.1, 0.15) is 191 Å². The predicted octanol–water partition coefficient (Wildman–Crippen LogP) is 12.7. The second kappa shape index (κ2) is 23.4. The van der Waals surface area contributed by atoms with Crippen LogP contribution in [0.5, 0.6) is 0 Å². The predicted molar refractivity (Wildman–Crippen MR) is 273 cm³/mol. The lowest BCUT2D eigenvalue weighted by molar-refractivity contribution is -0.320. The Balaban J connectivity index is 0.000000144. The SMILES string of the molecule is CC1C2CC(COC(=O)CC3(C)OC4CCCC(C4)O3)C(C2)C1C.CCCCC1(C)COC(C)(CC(=O)OCC2CC3CC2C(C)C3C)OC1.COC1=C(C(=O)OCC2CC3CC2C(C)C3C)CCCC1. The summed E-state index contributed by atoms with van der Waals surface area (Å²) in [5.74, 6) is 10.1. The van der Waals surface area contributed by atoms with Gasteiger partial charge in [0.2, 0.25) is 0 Å². The molecule has 8 bridgehead atoms. The van der Waals surface area contributed by atoms with Gasteiger partial charge < -0.3 is 37.9 Å². The summed E-state index contributed by atoms with van der Waals surface area (Å²) in [6.07, 6.45) is 20.3. The Labute approximate surface area is 429 Å². The summed E-state index contributed by atoms with van der Waals surface area (Å²) in [6.45, 7) is 25.5. The Morgan fingerprint density at radius 1 is 0.563 bits per heavy atom. The van der Waals surface area contributed by atoms with Crippen molar-refractivity contribution in [1.29, 1.82) is 0 Å². The first kappa shape index (κ1) is 55.0. The minimum absolute atomic E-state index is 0.0648. The lowest BCUT2D eigenvalue weighted by atomic mass is 9.76. The van der Waals surface area contributed by atoms with Gasteiger partial charge in [0, 0.05) is 18.3 Å². The molecule has 0 radical (unpaired) electrons. The van der Waals surface area contributed by atoms with Crippen LogP contribution in [-0.2, 0) is 52.3 Å². The van der Waals surface area contributed by atoms with Crippen LogP contribution in [0.3, 0.4) is 0 Å². The summed E-state index contributed by atoms with van der Waals surface area (Å²) in [6, 6.07) is 0. The standard InChI is InChI=1S/C22H38O4.C20H32O4.C18H28O3/c1-6-7-8-21(4)13-25-22(5,26-14-21)11-20(23)24-12-18-9-17-10-19(18)16(3)15(17)2;1-12-13(2)18-8-14(12)7-15(18)11-22-19(21)10-20(3)23-16-5-4-6-17(9-16)24-20;1-11-12(2)16-9-13(11)8-14(16)10-21-18(19)15-6-4-5-7-17(15)20-3/h15-19H,6-14H2,1-5H3;12-18H,4-11H2,1-3H3;11-14,16H,4-10H2,1-3H3. The van der Waals surface area contributed by atoms with E-state index < -0.39 is 11.6 Å². The van der Waals surface area contributed by atoms with Crippen molar-refractivity contribution in [2.45, 2.75) is 215 Å². The summed E-state index contributed by atoms with van der Waals surface area (Å²) in [5, 5.41) is 0. The van der Waals surface area contributed by atoms with Crippen LogP contribution < -0.4 is 0 Å². The number of allylic oxidation sites excluding steroid dienone is 1. The highest BCUT2D eigenvalue weighted by atomic mass is 16.7. The van der Waals surface area contributed by atoms with Crippen LogP contribution in [0.15, 0.2) is 11.3 Å². The maximum Gasteiger partial charge on any atom is 0.337 e. The Bertz CT molecular complexity index is 1820. The van der Waals surface area contributed by atoms with Gasteiger partial charge in [0.1, 0.15) is 5.76 Å². The van der Waals surface area contributed by atoms with Gasteiger partial charge in [0.25, 0.3) is 0 Å². The highest BCUT2D eigenvalue weighted by Crippen LogP contribution is 2.57. The number of carbonyl (C=O) groups is 3. The molecule has 0 amide bonds. The Hall–Kier alpha value is -2.21. The number of carbonyl (C=O) groups excluding carboxylic acids is 3. The normalized spacial score (nSPS) is 44.9. The number of methoxy groups -OCH3 is 1. The molecule has 17 atom stereocenters. The van der Waals surface area contributed by atoms with Gasteiger partial charge in [-0.3, -0.25) is 9.59 Å². The molecule has 404 valence electrons. The molecule has 0 N–H and O–H groups in total. The summed E-state index contributed by atoms with van der Waals surface area (Å²) in [4.78, 5) is 37.1. The molecule has 0 aromatic heterocycles. The van der Waals surface area contributed by atoms with Gasteiger partial charge in [-0.2, -0.15) is 0 Å². The lowest BCUT2D eigenvalue weighted by Gasteiger charge is -2.45. The topological polar surface area (TPSA) is 125 Å². The minimum atomic E-state index is -0.834. The highest BCUT2D eigenvalue weighted by molar-refractivity contribution is 5.89. The second-order valence-electron chi connectivity index (χ2n) is 26.2. The molecule has 0 spiro atoms. The monoisotopic (exact) mass is 995 g/mol. The molecule has 10 aliphatic rings. The van der Waals surface area contributed by atoms with Crippen LogP contribution in [0, 0.1) is 94.2 Å². The molecule has 8 aliphatic carbocycles. The number of unbranched alkanes of at least 4 members (excludes halogenated alkanes) is 1. The first-order chi connectivity index (χ1) is 33.8. The van der Waals surface area contributed by atoms with E-state index in [-0.39, 0.29) is 48.4 Å². The number of ether oxygens (including phenoxy) is 8. The maximum atomic E-state index is 12.4. The van der Waals surface area contributed by atoms with Gasteiger partial charge in [0.05, 0.1) is 70.8 Å². The molecule has 17 unspecified atom stereocenters. The fourth-order valence-corrected chi connectivity index (χ4v) is 16.2. The largest absolute Gasteiger partial charge is 0.501 e. The van der Waals surface area contributed by atoms with E-state index in [0.29, 0.717) is 50.8 Å². The highest BCUT2D eigenvalue weighted by Gasteiger charge is 2.52. The Morgan fingerprint density at radius 3 is 1.45 bits per heavy atom. The van der Waals surface area contributed by atoms with Crippen LogP contribution in [0.25, 0.3) is 0 Å². The summed E-state index contributed by atoms with van der Waals surface area (Å²) in [5.41, 5.74) is 0.850. The van der Waals surface area contributed by atoms with E-state index in [2.05, 4.69) is 55.4 Å². The molecule has 11 heteroatoms. The molecule has 10 rings (SSSR count). The minimum Gasteiger partial charge on any atom is -0.501 e. The van der Waals surface area contributed by atoms with Gasteiger partial charge in [0.15, 0.2) is 11.6 Å². The smallest absolute Gasteiger partial charge is 0.337 e. The molecular weight excluding hydrogens is 897 g/mol. The first-order valence-corrected chi connectivity index (χ1v) is 29.2. The molecule has 2 heterocycles. The van der Waals surface area contributed by atoms with Crippen LogP contribution >= 0.6 is 0 Å². The average Bonchev–Trinajstić information content (AvgIpc) is 4.21. The molecular formula is C60H98O11. The second-order valence-corrected chi connectivity index (χ2v) is 26.2. The quantitative estimate of drug-likeness (QED) is 0.115. The van der Waals surface area contributed by atoms with Crippen LogP contribution in [-0.4, -0.2) is 81.8 Å². The van der Waals surface area contributed by atoms with Gasteiger partial charge >= 0.3 is 17.9 Å². The van der Waals surface area contributed by atoms with Gasteiger partial charge in [-0.15, -0.1) is 0 Å². The number of rotatable bonds is 15. The number of fused-ring (bicyclic) bond motifs is 8. The summed E-state index contributed by atoms with van der Waals surface area (Å²) in [7, 11) is 1.66. The van der Waals surface area contributed by atoms with Gasteiger partial charge in [-0.1, -0.05) is 68.2 Å². The molecule has 7 saturated carbocycles. The van der Waals surface area contributed by atoms with Crippen molar-refractivity contribution in [2.24, 2.45) is 94.2 Å². The van der Waals surface area contributed by atoms with Crippen molar-refractivity contribution in [3.05, 3.63) is 11.3 Å². The van der Waals surface area contributed by atoms with Crippen molar-refractivity contribution in [1.82, 2.24) is 0 Å². The molecule has 2 saturated heterocycles. The lowest BCUT2D eigenvalue weighted by Crippen LogP contribution is -2.49. The zero-order valence-electron chi connectivity index (χ0n) is 46.3. The van der Waals surface area contributed by atoms with E-state index in [1.165, 1.54) is 51.4 Å². The van der Waals surface area contributed by atoms with E-state index >= 15 is 0 Å². The molecule has 0 aromatic carbocycles. The molecule has 11 nitrogen and oxygen atoms in total. The van der Waals surface area contributed by atoms with Crippen LogP contribution in [0.4, 0.5) is 0 Å². The fourth-order valence-electron chi connectivity index (χ4n) is 16.2. The van der Waals surface area contributed by atoms with Gasteiger partial charge in [-0.05, 0) is 186 Å². The van der Waals surface area contributed by atoms with Crippen molar-refractivity contribution in [2.75, 3.05) is 40.1 Å². The van der Waals surface area contributed by atoms with Crippen molar-refractivity contribution in [3.8, 4) is 0 Å². The van der Waals surface area contributed by atoms with Crippen molar-refractivity contribution >= 4 is 17.9 Å². The average molecular weight is 995 g/mol. The Morgan fingerprint density at radius 2 is 1.01 bits per heavy atom. The summed E-state index contributed by atoms with van der Waals surface area (Å²) >= 11 is 0. The van der Waals surface area contributed by atoms with Crippen LogP contribution in [0.2, 0.25) is 0 Å². The number of hydrogen-bond donors (Lipinski definition) is 0. The zero-order valence-corrected chi connectivity index (χ0v) is 46.3. The third-order valence-electron chi connectivity index (χ3n) is 21.3. The number of hydrogen-bond acceptors (Lipinski definition) is 11.